The number of hydrogen-bond acceptors (Lipinski definition) is 8. The number of hydrogen-bond donors (Lipinski definition) is 2. The lowest BCUT2D eigenvalue weighted by molar-refractivity contribution is -0.138. The molecule has 4 heterocycles. The van der Waals surface area contributed by atoms with Gasteiger partial charge >= 0.3 is 6.18 Å². The van der Waals surface area contributed by atoms with Crippen molar-refractivity contribution in [1.82, 2.24) is 29.3 Å². The molecule has 1 amide bonds. The Morgan fingerprint density at radius 2 is 1.78 bits per heavy atom. The molecule has 5 aromatic rings. The van der Waals surface area contributed by atoms with Gasteiger partial charge in [-0.1, -0.05) is 12.1 Å². The van der Waals surface area contributed by atoms with E-state index in [1.54, 1.807) is 43.7 Å². The minimum absolute atomic E-state index is 0.105. The molecule has 1 saturated heterocycles. The summed E-state index contributed by atoms with van der Waals surface area (Å²) in [5.41, 5.74) is 3.02. The molecule has 1 atom stereocenters. The number of fused-ring (bicyclic) bond motifs is 1. The normalized spacial score (nSPS) is 15.2. The molecule has 1 unspecified atom stereocenters. The Bertz CT molecular complexity index is 2090. The van der Waals surface area contributed by atoms with Gasteiger partial charge in [-0.3, -0.25) is 19.5 Å². The van der Waals surface area contributed by atoms with Gasteiger partial charge in [-0.15, -0.1) is 0 Å². The minimum atomic E-state index is -4.62. The second-order valence-electron chi connectivity index (χ2n) is 12.7. The fourth-order valence-electron chi connectivity index (χ4n) is 6.09. The molecule has 3 aromatic heterocycles. The largest absolute Gasteiger partial charge is 0.416 e. The molecule has 0 spiro atoms. The van der Waals surface area contributed by atoms with Gasteiger partial charge in [0.2, 0.25) is 5.95 Å². The third kappa shape index (κ3) is 7.32. The van der Waals surface area contributed by atoms with Gasteiger partial charge in [0.25, 0.3) is 11.5 Å². The molecule has 10 nitrogen and oxygen atoms in total. The van der Waals surface area contributed by atoms with E-state index in [9.17, 15) is 22.8 Å². The van der Waals surface area contributed by atoms with Crippen molar-refractivity contribution < 1.29 is 18.0 Å². The van der Waals surface area contributed by atoms with Crippen LogP contribution in [0.2, 0.25) is 0 Å². The van der Waals surface area contributed by atoms with Gasteiger partial charge in [-0.25, -0.2) is 9.97 Å². The zero-order valence-corrected chi connectivity index (χ0v) is 27.9. The predicted molar refractivity (Wildman–Crippen MR) is 184 cm³/mol. The second kappa shape index (κ2) is 13.4. The van der Waals surface area contributed by atoms with Crippen LogP contribution in [-0.4, -0.2) is 68.5 Å². The van der Waals surface area contributed by atoms with Crippen molar-refractivity contribution in [2.24, 2.45) is 7.05 Å². The van der Waals surface area contributed by atoms with Gasteiger partial charge in [0, 0.05) is 66.8 Å². The summed E-state index contributed by atoms with van der Waals surface area (Å²) in [6.45, 7) is 5.29. The van der Waals surface area contributed by atoms with Crippen molar-refractivity contribution in [3.8, 4) is 11.3 Å². The quantitative estimate of drug-likeness (QED) is 0.202. The molecule has 13 heteroatoms. The predicted octanol–water partition coefficient (Wildman–Crippen LogP) is 6.16. The standard InChI is InChI=1S/C36H37F3N8O2/c1-21-6-10-26(42-33(48)23-8-9-24(30(14-23)36(37,38)39)19-47-13-12-28(20-47)45(3)4)16-29(21)31-15-25-17-41-35(44-32(25)34(49)46(31)5)43-27-11-7-22(2)40-18-27/h6-11,14-18,28H,12-13,19-20H2,1-5H3,(H,42,48)(H,41,43,44). The number of benzene rings is 2. The number of nitrogens with zero attached hydrogens (tertiary/aromatic N) is 6. The molecular formula is C36H37F3N8O2. The van der Waals surface area contributed by atoms with Crippen LogP contribution >= 0.6 is 0 Å². The fourth-order valence-corrected chi connectivity index (χ4v) is 6.09. The summed E-state index contributed by atoms with van der Waals surface area (Å²) in [5.74, 6) is -0.426. The minimum Gasteiger partial charge on any atom is -0.323 e. The molecule has 254 valence electrons. The first-order valence-corrected chi connectivity index (χ1v) is 15.8. The number of alkyl halides is 3. The smallest absolute Gasteiger partial charge is 0.323 e. The molecule has 0 radical (unpaired) electrons. The first kappa shape index (κ1) is 33.7. The van der Waals surface area contributed by atoms with E-state index in [2.05, 4.69) is 30.5 Å². The van der Waals surface area contributed by atoms with Gasteiger partial charge < -0.3 is 20.1 Å². The second-order valence-corrected chi connectivity index (χ2v) is 12.7. The number of aryl methyl sites for hydroxylation is 2. The molecule has 1 aliphatic heterocycles. The maximum Gasteiger partial charge on any atom is 0.416 e. The van der Waals surface area contributed by atoms with E-state index in [1.165, 1.54) is 16.7 Å². The van der Waals surface area contributed by atoms with Crippen molar-refractivity contribution in [1.29, 1.82) is 0 Å². The van der Waals surface area contributed by atoms with E-state index in [0.717, 1.165) is 23.7 Å². The summed E-state index contributed by atoms with van der Waals surface area (Å²) < 4.78 is 44.1. The van der Waals surface area contributed by atoms with Gasteiger partial charge in [-0.05, 0) is 88.0 Å². The maximum absolute atomic E-state index is 14.2. The molecule has 2 aromatic carbocycles. The number of anilines is 3. The van der Waals surface area contributed by atoms with Crippen LogP contribution in [-0.2, 0) is 19.8 Å². The average Bonchev–Trinajstić information content (AvgIpc) is 3.54. The first-order valence-electron chi connectivity index (χ1n) is 15.8. The highest BCUT2D eigenvalue weighted by Crippen LogP contribution is 2.34. The van der Waals surface area contributed by atoms with Crippen molar-refractivity contribution >= 4 is 34.1 Å². The lowest BCUT2D eigenvalue weighted by Crippen LogP contribution is -2.31. The number of nitrogens with one attached hydrogen (secondary N) is 2. The highest BCUT2D eigenvalue weighted by molar-refractivity contribution is 6.04. The Morgan fingerprint density at radius 3 is 2.47 bits per heavy atom. The highest BCUT2D eigenvalue weighted by Gasteiger charge is 2.35. The third-order valence-electron chi connectivity index (χ3n) is 8.97. The Kier molecular flexibility index (Phi) is 9.23. The zero-order valence-electron chi connectivity index (χ0n) is 27.9. The summed E-state index contributed by atoms with van der Waals surface area (Å²) in [5, 5.41) is 6.32. The number of amides is 1. The van der Waals surface area contributed by atoms with Gasteiger partial charge in [-0.2, -0.15) is 13.2 Å². The molecular weight excluding hydrogens is 633 g/mol. The summed E-state index contributed by atoms with van der Waals surface area (Å²) >= 11 is 0. The number of rotatable bonds is 8. The van der Waals surface area contributed by atoms with Crippen LogP contribution in [0.4, 0.5) is 30.5 Å². The van der Waals surface area contributed by atoms with Crippen molar-refractivity contribution in [3.63, 3.8) is 0 Å². The van der Waals surface area contributed by atoms with Crippen LogP contribution in [0.1, 0.15) is 39.2 Å². The summed E-state index contributed by atoms with van der Waals surface area (Å²) in [6, 6.07) is 14.7. The van der Waals surface area contributed by atoms with Crippen LogP contribution in [0.15, 0.2) is 71.8 Å². The molecule has 1 fully saturated rings. The summed E-state index contributed by atoms with van der Waals surface area (Å²) in [7, 11) is 5.57. The fraction of sp³-hybridized carbons (Fsp3) is 0.306. The Balaban J connectivity index is 1.25. The number of likely N-dealkylation sites (N-methyl/N-ethyl adjacent to an activating group) is 1. The van der Waals surface area contributed by atoms with Crippen LogP contribution in [0.3, 0.4) is 0 Å². The number of pyridine rings is 2. The molecule has 0 saturated carbocycles. The van der Waals surface area contributed by atoms with Gasteiger partial charge in [0.15, 0.2) is 0 Å². The third-order valence-corrected chi connectivity index (χ3v) is 8.97. The SMILES string of the molecule is Cc1ccc(Nc2ncc3cc(-c4cc(NC(=O)c5ccc(CN6CCC(N(C)C)C6)c(C(F)(F)F)c5)ccc4C)n(C)c(=O)c3n2)cn1. The van der Waals surface area contributed by atoms with E-state index in [0.29, 0.717) is 47.1 Å². The van der Waals surface area contributed by atoms with Crippen molar-refractivity contribution in [2.45, 2.75) is 39.0 Å². The van der Waals surface area contributed by atoms with E-state index in [4.69, 9.17) is 0 Å². The molecule has 6 rings (SSSR count). The highest BCUT2D eigenvalue weighted by atomic mass is 19.4. The monoisotopic (exact) mass is 670 g/mol. The van der Waals surface area contributed by atoms with E-state index >= 15 is 0 Å². The number of aromatic nitrogens is 4. The number of carbonyl (C=O) groups excluding carboxylic acids is 1. The van der Waals surface area contributed by atoms with Crippen LogP contribution in [0, 0.1) is 13.8 Å². The van der Waals surface area contributed by atoms with Crippen LogP contribution < -0.4 is 16.2 Å². The molecule has 1 aliphatic rings. The Hall–Kier alpha value is -5.14. The zero-order chi connectivity index (χ0) is 35.0. The lowest BCUT2D eigenvalue weighted by Gasteiger charge is -2.22. The van der Waals surface area contributed by atoms with Crippen LogP contribution in [0.25, 0.3) is 22.2 Å². The van der Waals surface area contributed by atoms with Crippen LogP contribution in [0.5, 0.6) is 0 Å². The summed E-state index contributed by atoms with van der Waals surface area (Å²) in [6.07, 6.45) is -0.522. The van der Waals surface area contributed by atoms with Gasteiger partial charge in [0.05, 0.1) is 23.1 Å². The van der Waals surface area contributed by atoms with E-state index < -0.39 is 17.6 Å². The van der Waals surface area contributed by atoms with E-state index in [1.807, 2.05) is 45.0 Å². The average molecular weight is 671 g/mol. The number of carbonyl (C=O) groups is 1. The summed E-state index contributed by atoms with van der Waals surface area (Å²) in [4.78, 5) is 43.9. The van der Waals surface area contributed by atoms with Crippen molar-refractivity contribution in [3.05, 3.63) is 105 Å². The Labute approximate surface area is 281 Å². The number of likely N-dealkylation sites (tertiary alicyclic amines) is 1. The topological polar surface area (TPSA) is 108 Å². The molecule has 49 heavy (non-hydrogen) atoms. The molecule has 2 N–H and O–H groups in total. The van der Waals surface area contributed by atoms with E-state index in [-0.39, 0.29) is 34.7 Å². The van der Waals surface area contributed by atoms with Crippen molar-refractivity contribution in [2.75, 3.05) is 37.8 Å². The first-order chi connectivity index (χ1) is 23.3. The lowest BCUT2D eigenvalue weighted by atomic mass is 10.0. The Morgan fingerprint density at radius 1 is 1.00 bits per heavy atom. The molecule has 0 aliphatic carbocycles. The molecule has 0 bridgehead atoms. The maximum atomic E-state index is 14.2. The number of halogens is 3. The van der Waals surface area contributed by atoms with Gasteiger partial charge in [0.1, 0.15) is 5.52 Å².